The van der Waals surface area contributed by atoms with Crippen LogP contribution in [0.4, 0.5) is 0 Å². The summed E-state index contributed by atoms with van der Waals surface area (Å²) in [7, 11) is 0. The number of ketones is 1. The summed E-state index contributed by atoms with van der Waals surface area (Å²) < 4.78 is 12.7. The molecule has 3 atom stereocenters. The molecule has 3 unspecified atom stereocenters. The maximum Gasteiger partial charge on any atom is 0.129 e. The molecule has 1 aliphatic carbocycles. The quantitative estimate of drug-likeness (QED) is 0.314. The number of ether oxygens (including phenoxy) is 2. The number of Topliss-reactive ketones (excluding diaryl/α,β-unsaturated/α-hetero) is 1. The number of carbonyl (C=O) groups is 1. The van der Waals surface area contributed by atoms with Gasteiger partial charge in [-0.1, -0.05) is 42.4 Å². The first kappa shape index (κ1) is 18.4. The molecule has 0 N–H and O–H groups in total. The fourth-order valence-corrected chi connectivity index (χ4v) is 3.04. The number of halogens is 1. The maximum absolute atomic E-state index is 10.9. The van der Waals surface area contributed by atoms with Gasteiger partial charge in [0, 0.05) is 23.6 Å². The smallest absolute Gasteiger partial charge is 0.129 e. The lowest BCUT2D eigenvalue weighted by atomic mass is 9.94. The van der Waals surface area contributed by atoms with Crippen LogP contribution in [0.5, 0.6) is 0 Å². The number of alkyl halides is 1. The second-order valence-electron chi connectivity index (χ2n) is 5.83. The van der Waals surface area contributed by atoms with Crippen molar-refractivity contribution in [3.63, 3.8) is 0 Å². The normalized spacial score (nSPS) is 24.6. The van der Waals surface area contributed by atoms with E-state index in [9.17, 15) is 4.79 Å². The molecule has 20 heavy (non-hydrogen) atoms. The first-order valence-electron chi connectivity index (χ1n) is 7.96. The Hall–Kier alpha value is 0.320. The van der Waals surface area contributed by atoms with Crippen molar-refractivity contribution in [3.8, 4) is 0 Å². The van der Waals surface area contributed by atoms with E-state index in [1.165, 1.54) is 19.3 Å². The van der Waals surface area contributed by atoms with E-state index in [0.717, 1.165) is 36.2 Å². The molecule has 0 aromatic heterocycles. The van der Waals surface area contributed by atoms with E-state index >= 15 is 0 Å². The summed E-state index contributed by atoms with van der Waals surface area (Å²) in [5, 5.41) is 0. The lowest BCUT2D eigenvalue weighted by Gasteiger charge is -2.31. The summed E-state index contributed by atoms with van der Waals surface area (Å²) in [5.41, 5.74) is 0. The molecule has 1 fully saturated rings. The van der Waals surface area contributed by atoms with Crippen LogP contribution in [0.25, 0.3) is 0 Å². The van der Waals surface area contributed by atoms with Crippen LogP contribution in [0.15, 0.2) is 0 Å². The summed E-state index contributed by atoms with van der Waals surface area (Å²) in [6.45, 7) is 5.42. The summed E-state index contributed by atoms with van der Waals surface area (Å²) in [5.74, 6) is 0.248. The highest BCUT2D eigenvalue weighted by atomic mass is 127. The van der Waals surface area contributed by atoms with Gasteiger partial charge in [0.2, 0.25) is 0 Å². The van der Waals surface area contributed by atoms with Crippen LogP contribution in [-0.4, -0.2) is 35.1 Å². The van der Waals surface area contributed by atoms with Gasteiger partial charge in [-0.05, 0) is 39.0 Å². The molecule has 1 aliphatic rings. The Balaban J connectivity index is 2.18. The van der Waals surface area contributed by atoms with Crippen molar-refractivity contribution in [1.29, 1.82) is 0 Å². The molecular formula is C16H29IO3. The number of carbonyl (C=O) groups excluding carboxylic acids is 1. The van der Waals surface area contributed by atoms with Gasteiger partial charge in [-0.3, -0.25) is 0 Å². The van der Waals surface area contributed by atoms with Crippen LogP contribution in [-0.2, 0) is 14.3 Å². The lowest BCUT2D eigenvalue weighted by Crippen LogP contribution is -2.35. The van der Waals surface area contributed by atoms with E-state index in [0.29, 0.717) is 13.0 Å². The molecule has 0 aromatic carbocycles. The molecule has 0 amide bonds. The molecule has 0 heterocycles. The van der Waals surface area contributed by atoms with Crippen LogP contribution < -0.4 is 0 Å². The molecule has 1 rings (SSSR count). The Labute approximate surface area is 137 Å². The largest absolute Gasteiger partial charge is 0.376 e. The highest BCUT2D eigenvalue weighted by Gasteiger charge is 2.26. The minimum absolute atomic E-state index is 0.243. The molecule has 0 aliphatic heterocycles. The Morgan fingerprint density at radius 2 is 1.70 bits per heavy atom. The van der Waals surface area contributed by atoms with Crippen LogP contribution >= 0.6 is 22.6 Å². The fourth-order valence-electron chi connectivity index (χ4n) is 2.60. The van der Waals surface area contributed by atoms with Crippen LogP contribution in [0.3, 0.4) is 0 Å². The summed E-state index contributed by atoms with van der Waals surface area (Å²) >= 11 is 2.46. The van der Waals surface area contributed by atoms with Crippen molar-refractivity contribution in [2.75, 3.05) is 13.2 Å². The molecule has 4 heteroatoms. The molecule has 3 nitrogen and oxygen atoms in total. The average Bonchev–Trinajstić information content (AvgIpc) is 2.40. The van der Waals surface area contributed by atoms with Crippen LogP contribution in [0, 0.1) is 0 Å². The van der Waals surface area contributed by atoms with E-state index in [4.69, 9.17) is 9.47 Å². The Bertz CT molecular complexity index is 268. The van der Waals surface area contributed by atoms with E-state index < -0.39 is 0 Å². The van der Waals surface area contributed by atoms with Crippen molar-refractivity contribution >= 4 is 28.4 Å². The van der Waals surface area contributed by atoms with Gasteiger partial charge in [-0.15, -0.1) is 0 Å². The third kappa shape index (κ3) is 8.57. The zero-order valence-electron chi connectivity index (χ0n) is 12.9. The minimum atomic E-state index is 0.243. The second kappa shape index (κ2) is 11.0. The molecule has 1 saturated carbocycles. The van der Waals surface area contributed by atoms with Gasteiger partial charge in [0.25, 0.3) is 0 Å². The third-order valence-corrected chi connectivity index (χ3v) is 4.35. The van der Waals surface area contributed by atoms with Gasteiger partial charge in [0.1, 0.15) is 5.78 Å². The molecule has 0 aromatic rings. The van der Waals surface area contributed by atoms with E-state index in [2.05, 4.69) is 29.5 Å². The number of hydrogen-bond donors (Lipinski definition) is 0. The molecule has 0 bridgehead atoms. The summed E-state index contributed by atoms with van der Waals surface area (Å²) in [6, 6.07) is 0. The standard InChI is InChI=1S/C16H29IO3/c1-13(17)7-5-11-19-15-9-3-4-10-16(15)20-12-6-8-14(2)18/h13,15-16H,3-12H2,1-2H3. The van der Waals surface area contributed by atoms with Gasteiger partial charge in [0.05, 0.1) is 12.2 Å². The fraction of sp³-hybridized carbons (Fsp3) is 0.938. The first-order valence-corrected chi connectivity index (χ1v) is 9.21. The molecule has 0 radical (unpaired) electrons. The highest BCUT2D eigenvalue weighted by Crippen LogP contribution is 2.24. The maximum atomic E-state index is 10.9. The summed E-state index contributed by atoms with van der Waals surface area (Å²) in [6.07, 6.45) is 9.05. The van der Waals surface area contributed by atoms with Gasteiger partial charge in [0.15, 0.2) is 0 Å². The molecule has 0 saturated heterocycles. The zero-order valence-corrected chi connectivity index (χ0v) is 15.1. The highest BCUT2D eigenvalue weighted by molar-refractivity contribution is 14.1. The van der Waals surface area contributed by atoms with Crippen molar-refractivity contribution in [2.45, 2.75) is 81.3 Å². The predicted octanol–water partition coefficient (Wildman–Crippen LogP) is 4.30. The van der Waals surface area contributed by atoms with Gasteiger partial charge < -0.3 is 14.3 Å². The SMILES string of the molecule is CC(=O)CCCOC1CCCCC1OCCCC(C)I. The van der Waals surface area contributed by atoms with E-state index in [1.54, 1.807) is 6.92 Å². The predicted molar refractivity (Wildman–Crippen MR) is 90.6 cm³/mol. The number of rotatable bonds is 10. The first-order chi connectivity index (χ1) is 9.59. The third-order valence-electron chi connectivity index (χ3n) is 3.73. The van der Waals surface area contributed by atoms with Gasteiger partial charge in [-0.2, -0.15) is 0 Å². The van der Waals surface area contributed by atoms with Crippen LogP contribution in [0.1, 0.15) is 65.2 Å². The average molecular weight is 396 g/mol. The van der Waals surface area contributed by atoms with Crippen molar-refractivity contribution in [2.24, 2.45) is 0 Å². The monoisotopic (exact) mass is 396 g/mol. The van der Waals surface area contributed by atoms with Crippen molar-refractivity contribution < 1.29 is 14.3 Å². The van der Waals surface area contributed by atoms with Crippen molar-refractivity contribution in [3.05, 3.63) is 0 Å². The molecular weight excluding hydrogens is 367 g/mol. The van der Waals surface area contributed by atoms with E-state index in [-0.39, 0.29) is 18.0 Å². The lowest BCUT2D eigenvalue weighted by molar-refractivity contribution is -0.118. The summed E-state index contributed by atoms with van der Waals surface area (Å²) in [4.78, 5) is 10.9. The van der Waals surface area contributed by atoms with Crippen molar-refractivity contribution in [1.82, 2.24) is 0 Å². The van der Waals surface area contributed by atoms with Crippen LogP contribution in [0.2, 0.25) is 0 Å². The number of hydrogen-bond acceptors (Lipinski definition) is 3. The Morgan fingerprint density at radius 1 is 1.15 bits per heavy atom. The minimum Gasteiger partial charge on any atom is -0.376 e. The topological polar surface area (TPSA) is 35.5 Å². The Kier molecular flexibility index (Phi) is 10.1. The van der Waals surface area contributed by atoms with Gasteiger partial charge >= 0.3 is 0 Å². The second-order valence-corrected chi connectivity index (χ2v) is 7.96. The Morgan fingerprint density at radius 3 is 2.20 bits per heavy atom. The molecule has 0 spiro atoms. The molecule has 118 valence electrons. The zero-order chi connectivity index (χ0) is 14.8. The van der Waals surface area contributed by atoms with Gasteiger partial charge in [-0.25, -0.2) is 0 Å². The van der Waals surface area contributed by atoms with E-state index in [1.807, 2.05) is 0 Å².